The summed E-state index contributed by atoms with van der Waals surface area (Å²) in [6.07, 6.45) is 2.58. The van der Waals surface area contributed by atoms with Gasteiger partial charge in [-0.15, -0.1) is 0 Å². The van der Waals surface area contributed by atoms with Crippen molar-refractivity contribution in [2.45, 2.75) is 11.8 Å². The van der Waals surface area contributed by atoms with E-state index in [0.717, 1.165) is 4.31 Å². The monoisotopic (exact) mass is 417 g/mol. The van der Waals surface area contributed by atoms with Crippen molar-refractivity contribution >= 4 is 33.7 Å². The lowest BCUT2D eigenvalue weighted by Gasteiger charge is -2.14. The summed E-state index contributed by atoms with van der Waals surface area (Å²) in [5, 5.41) is 11.6. The van der Waals surface area contributed by atoms with E-state index in [-0.39, 0.29) is 21.9 Å². The molecule has 1 heterocycles. The molecule has 1 aromatic carbocycles. The van der Waals surface area contributed by atoms with E-state index in [9.17, 15) is 18.0 Å². The molecule has 2 rings (SSSR count). The maximum Gasteiger partial charge on any atom is 0.349 e. The second-order valence-corrected chi connectivity index (χ2v) is 8.23. The first kappa shape index (κ1) is 21.9. The minimum absolute atomic E-state index is 0.00791. The minimum atomic E-state index is -3.67. The molecule has 1 amide bonds. The molecule has 2 aromatic rings. The van der Waals surface area contributed by atoms with Crippen LogP contribution in [0.4, 0.5) is 5.69 Å². The van der Waals surface area contributed by atoms with Crippen LogP contribution in [0.5, 0.6) is 0 Å². The number of rotatable bonds is 7. The van der Waals surface area contributed by atoms with Crippen LogP contribution in [0.2, 0.25) is 0 Å². The Bertz CT molecular complexity index is 1080. The zero-order chi connectivity index (χ0) is 21.6. The summed E-state index contributed by atoms with van der Waals surface area (Å²) in [4.78, 5) is 24.1. The first-order chi connectivity index (χ1) is 13.6. The smallest absolute Gasteiger partial charge is 0.349 e. The van der Waals surface area contributed by atoms with Gasteiger partial charge in [-0.1, -0.05) is 6.07 Å². The Morgan fingerprint density at radius 1 is 1.31 bits per heavy atom. The Kier molecular flexibility index (Phi) is 6.93. The minimum Gasteiger partial charge on any atom is -0.465 e. The molecule has 0 aliphatic rings. The van der Waals surface area contributed by atoms with Crippen molar-refractivity contribution in [3.8, 4) is 6.07 Å². The maximum absolute atomic E-state index is 12.2. The summed E-state index contributed by atoms with van der Waals surface area (Å²) in [6.45, 7) is 1.04. The number of ether oxygens (including phenoxy) is 1. The van der Waals surface area contributed by atoms with Crippen LogP contribution in [0.25, 0.3) is 6.08 Å². The Hall–Kier alpha value is -3.42. The van der Waals surface area contributed by atoms with Gasteiger partial charge < -0.3 is 14.5 Å². The third-order valence-corrected chi connectivity index (χ3v) is 5.58. The highest BCUT2D eigenvalue weighted by Gasteiger charge is 2.19. The van der Waals surface area contributed by atoms with E-state index in [4.69, 9.17) is 14.4 Å². The van der Waals surface area contributed by atoms with Gasteiger partial charge in [-0.05, 0) is 36.8 Å². The summed E-state index contributed by atoms with van der Waals surface area (Å²) in [7, 11) is -0.876. The molecule has 0 unspecified atom stereocenters. The standard InChI is InChI=1S/C19H19N3O6S/c1-13-6-7-16(29(25,26)22(2)3)10-17(13)21-18(23)12-28-19(24)14(11-20)9-15-5-4-8-27-15/h4-10H,12H2,1-3H3,(H,21,23)/b14-9+. The lowest BCUT2D eigenvalue weighted by atomic mass is 10.2. The summed E-state index contributed by atoms with van der Waals surface area (Å²) in [5.41, 5.74) is 0.557. The number of amides is 1. The molecule has 1 aromatic heterocycles. The number of esters is 1. The summed E-state index contributed by atoms with van der Waals surface area (Å²) >= 11 is 0. The van der Waals surface area contributed by atoms with Gasteiger partial charge in [-0.25, -0.2) is 17.5 Å². The highest BCUT2D eigenvalue weighted by molar-refractivity contribution is 7.89. The SMILES string of the molecule is Cc1ccc(S(=O)(=O)N(C)C)cc1NC(=O)COC(=O)/C(C#N)=C/c1ccco1. The number of anilines is 1. The van der Waals surface area contributed by atoms with Crippen LogP contribution in [-0.2, 0) is 24.3 Å². The number of aryl methyl sites for hydroxylation is 1. The Morgan fingerprint density at radius 3 is 2.62 bits per heavy atom. The summed E-state index contributed by atoms with van der Waals surface area (Å²) in [6, 6.07) is 9.13. The van der Waals surface area contributed by atoms with Crippen LogP contribution >= 0.6 is 0 Å². The number of nitriles is 1. The molecule has 1 N–H and O–H groups in total. The zero-order valence-electron chi connectivity index (χ0n) is 16.0. The molecule has 0 aliphatic carbocycles. The lowest BCUT2D eigenvalue weighted by molar-refractivity contribution is -0.142. The number of sulfonamides is 1. The molecule has 9 nitrogen and oxygen atoms in total. The highest BCUT2D eigenvalue weighted by atomic mass is 32.2. The zero-order valence-corrected chi connectivity index (χ0v) is 16.8. The van der Waals surface area contributed by atoms with Gasteiger partial charge in [-0.2, -0.15) is 5.26 Å². The molecule has 0 atom stereocenters. The van der Waals surface area contributed by atoms with Crippen LogP contribution in [-0.4, -0.2) is 45.3 Å². The van der Waals surface area contributed by atoms with Crippen LogP contribution in [0.15, 0.2) is 51.5 Å². The Labute approximate surface area is 168 Å². The van der Waals surface area contributed by atoms with Crippen molar-refractivity contribution in [1.29, 1.82) is 5.26 Å². The van der Waals surface area contributed by atoms with Gasteiger partial charge in [0.05, 0.1) is 11.2 Å². The van der Waals surface area contributed by atoms with Crippen molar-refractivity contribution in [3.63, 3.8) is 0 Å². The molecule has 29 heavy (non-hydrogen) atoms. The molecule has 0 radical (unpaired) electrons. The molecule has 0 bridgehead atoms. The molecule has 0 spiro atoms. The molecular weight excluding hydrogens is 398 g/mol. The summed E-state index contributed by atoms with van der Waals surface area (Å²) < 4.78 is 35.4. The predicted octanol–water partition coefficient (Wildman–Crippen LogP) is 1.93. The van der Waals surface area contributed by atoms with Crippen LogP contribution in [0.1, 0.15) is 11.3 Å². The average molecular weight is 417 g/mol. The first-order valence-electron chi connectivity index (χ1n) is 8.30. The third-order valence-electron chi connectivity index (χ3n) is 3.77. The molecule has 152 valence electrons. The molecular formula is C19H19N3O6S. The van der Waals surface area contributed by atoms with Crippen molar-refractivity contribution in [1.82, 2.24) is 4.31 Å². The highest BCUT2D eigenvalue weighted by Crippen LogP contribution is 2.22. The fourth-order valence-electron chi connectivity index (χ4n) is 2.15. The fraction of sp³-hybridized carbons (Fsp3) is 0.211. The van der Waals surface area contributed by atoms with Gasteiger partial charge in [-0.3, -0.25) is 4.79 Å². The Balaban J connectivity index is 2.06. The quantitative estimate of drug-likeness (QED) is 0.414. The fourth-order valence-corrected chi connectivity index (χ4v) is 3.08. The number of nitrogens with zero attached hydrogens (tertiary/aromatic N) is 2. The van der Waals surface area contributed by atoms with Crippen molar-refractivity contribution in [2.24, 2.45) is 0 Å². The van der Waals surface area contributed by atoms with Crippen LogP contribution in [0, 0.1) is 18.3 Å². The van der Waals surface area contributed by atoms with Crippen LogP contribution < -0.4 is 5.32 Å². The van der Waals surface area contributed by atoms with E-state index in [2.05, 4.69) is 5.32 Å². The van der Waals surface area contributed by atoms with Gasteiger partial charge in [0.2, 0.25) is 10.0 Å². The second kappa shape index (κ2) is 9.18. The van der Waals surface area contributed by atoms with E-state index >= 15 is 0 Å². The first-order valence-corrected chi connectivity index (χ1v) is 9.74. The average Bonchev–Trinajstić information content (AvgIpc) is 3.18. The molecule has 0 saturated heterocycles. The maximum atomic E-state index is 12.2. The van der Waals surface area contributed by atoms with Crippen molar-refractivity contribution in [3.05, 3.63) is 53.5 Å². The third kappa shape index (κ3) is 5.54. The number of furan rings is 1. The molecule has 0 fully saturated rings. The summed E-state index contributed by atoms with van der Waals surface area (Å²) in [5.74, 6) is -1.38. The largest absolute Gasteiger partial charge is 0.465 e. The van der Waals surface area contributed by atoms with E-state index in [1.807, 2.05) is 0 Å². The lowest BCUT2D eigenvalue weighted by Crippen LogP contribution is -2.24. The van der Waals surface area contributed by atoms with Crippen molar-refractivity contribution < 1.29 is 27.2 Å². The van der Waals surface area contributed by atoms with Gasteiger partial charge >= 0.3 is 5.97 Å². The van der Waals surface area contributed by atoms with E-state index in [0.29, 0.717) is 5.56 Å². The number of hydrogen-bond acceptors (Lipinski definition) is 7. The van der Waals surface area contributed by atoms with Crippen LogP contribution in [0.3, 0.4) is 0 Å². The van der Waals surface area contributed by atoms with Gasteiger partial charge in [0.15, 0.2) is 6.61 Å². The number of hydrogen-bond donors (Lipinski definition) is 1. The molecule has 0 saturated carbocycles. The van der Waals surface area contributed by atoms with E-state index in [1.165, 1.54) is 38.6 Å². The van der Waals surface area contributed by atoms with Gasteiger partial charge in [0.25, 0.3) is 5.91 Å². The second-order valence-electron chi connectivity index (χ2n) is 6.07. The number of benzene rings is 1. The topological polar surface area (TPSA) is 130 Å². The number of carbonyl (C=O) groups excluding carboxylic acids is 2. The van der Waals surface area contributed by atoms with Gasteiger partial charge in [0, 0.05) is 25.9 Å². The Morgan fingerprint density at radius 2 is 2.03 bits per heavy atom. The van der Waals surface area contributed by atoms with E-state index in [1.54, 1.807) is 31.2 Å². The van der Waals surface area contributed by atoms with Crippen molar-refractivity contribution in [2.75, 3.05) is 26.0 Å². The molecule has 0 aliphatic heterocycles. The molecule has 10 heteroatoms. The van der Waals surface area contributed by atoms with Gasteiger partial charge in [0.1, 0.15) is 17.4 Å². The normalized spacial score (nSPS) is 11.8. The predicted molar refractivity (Wildman–Crippen MR) is 104 cm³/mol. The van der Waals surface area contributed by atoms with E-state index < -0.39 is 28.5 Å². The number of nitrogens with one attached hydrogen (secondary N) is 1. The number of carbonyl (C=O) groups is 2.